The van der Waals surface area contributed by atoms with Gasteiger partial charge in [-0.15, -0.1) is 0 Å². The number of hydrogen-bond donors (Lipinski definition) is 3. The summed E-state index contributed by atoms with van der Waals surface area (Å²) >= 11 is 0. The third-order valence-corrected chi connectivity index (χ3v) is 6.50. The number of pyridine rings is 1. The maximum Gasteiger partial charge on any atom is 0.336 e. The van der Waals surface area contributed by atoms with Gasteiger partial charge in [0.1, 0.15) is 11.3 Å². The van der Waals surface area contributed by atoms with Gasteiger partial charge >= 0.3 is 5.97 Å². The van der Waals surface area contributed by atoms with Crippen LogP contribution in [0.2, 0.25) is 0 Å². The van der Waals surface area contributed by atoms with Crippen LogP contribution in [0.4, 0.5) is 5.69 Å². The summed E-state index contributed by atoms with van der Waals surface area (Å²) in [6, 6.07) is 13.4. The summed E-state index contributed by atoms with van der Waals surface area (Å²) < 4.78 is 0. The molecule has 0 radical (unpaired) electrons. The number of carbonyl (C=O) groups excluding carboxylic acids is 1. The normalized spacial score (nSPS) is 11.0. The maximum absolute atomic E-state index is 12.4. The van der Waals surface area contributed by atoms with E-state index in [2.05, 4.69) is 17.2 Å². The van der Waals surface area contributed by atoms with E-state index in [4.69, 9.17) is 0 Å². The Morgan fingerprint density at radius 2 is 1.47 bits per heavy atom. The molecule has 1 amide bonds. The van der Waals surface area contributed by atoms with Gasteiger partial charge < -0.3 is 15.5 Å². The Hall–Kier alpha value is -3.41. The van der Waals surface area contributed by atoms with E-state index in [1.54, 1.807) is 36.4 Å². The molecule has 0 aliphatic carbocycles. The molecule has 1 aromatic heterocycles. The third-order valence-electron chi connectivity index (χ3n) is 6.50. The zero-order valence-corrected chi connectivity index (χ0v) is 21.3. The number of phenolic OH excluding ortho intramolecular Hbond substituents is 1. The van der Waals surface area contributed by atoms with E-state index < -0.39 is 5.97 Å². The van der Waals surface area contributed by atoms with Crippen molar-refractivity contribution in [1.29, 1.82) is 0 Å². The Balaban J connectivity index is 1.50. The fourth-order valence-corrected chi connectivity index (χ4v) is 4.49. The van der Waals surface area contributed by atoms with Crippen molar-refractivity contribution < 1.29 is 19.8 Å². The summed E-state index contributed by atoms with van der Waals surface area (Å²) in [6.07, 6.45) is 14.1. The highest BCUT2D eigenvalue weighted by Gasteiger charge is 2.15. The van der Waals surface area contributed by atoms with Crippen molar-refractivity contribution >= 4 is 28.5 Å². The van der Waals surface area contributed by atoms with Gasteiger partial charge in [0, 0.05) is 23.1 Å². The predicted molar refractivity (Wildman–Crippen MR) is 146 cm³/mol. The van der Waals surface area contributed by atoms with Gasteiger partial charge in [-0.2, -0.15) is 0 Å². The number of aromatic nitrogens is 1. The van der Waals surface area contributed by atoms with Crippen molar-refractivity contribution in [2.45, 2.75) is 84.0 Å². The highest BCUT2D eigenvalue weighted by Crippen LogP contribution is 2.30. The molecule has 1 heterocycles. The van der Waals surface area contributed by atoms with Crippen LogP contribution in [-0.2, 0) is 4.79 Å². The molecule has 0 aliphatic heterocycles. The van der Waals surface area contributed by atoms with Gasteiger partial charge in [-0.1, -0.05) is 95.4 Å². The molecule has 0 atom stereocenters. The summed E-state index contributed by atoms with van der Waals surface area (Å²) in [5.41, 5.74) is 2.02. The van der Waals surface area contributed by atoms with Crippen LogP contribution in [0.5, 0.6) is 5.75 Å². The van der Waals surface area contributed by atoms with Crippen molar-refractivity contribution in [2.75, 3.05) is 5.32 Å². The molecule has 2 aromatic carbocycles. The number of amides is 1. The molecule has 0 bridgehead atoms. The molecule has 3 aromatic rings. The first-order valence-corrected chi connectivity index (χ1v) is 13.3. The quantitative estimate of drug-likeness (QED) is 0.188. The van der Waals surface area contributed by atoms with Crippen molar-refractivity contribution in [2.24, 2.45) is 0 Å². The second kappa shape index (κ2) is 14.2. The minimum Gasteiger partial charge on any atom is -0.506 e. The Morgan fingerprint density at radius 1 is 0.833 bits per heavy atom. The fraction of sp³-hybridized carbons (Fsp3) is 0.433. The van der Waals surface area contributed by atoms with Gasteiger partial charge in [0.2, 0.25) is 5.91 Å². The molecule has 0 spiro atoms. The molecule has 6 nitrogen and oxygen atoms in total. The number of aromatic carboxylic acids is 1. The minimum absolute atomic E-state index is 0.0292. The highest BCUT2D eigenvalue weighted by atomic mass is 16.4. The Labute approximate surface area is 213 Å². The molecular weight excluding hydrogens is 452 g/mol. The number of anilines is 1. The van der Waals surface area contributed by atoms with E-state index in [-0.39, 0.29) is 22.7 Å². The van der Waals surface area contributed by atoms with E-state index in [1.165, 1.54) is 69.9 Å². The van der Waals surface area contributed by atoms with E-state index in [1.807, 2.05) is 0 Å². The topological polar surface area (TPSA) is 99.5 Å². The van der Waals surface area contributed by atoms with E-state index >= 15 is 0 Å². The van der Waals surface area contributed by atoms with Crippen LogP contribution in [0.15, 0.2) is 48.5 Å². The zero-order valence-electron chi connectivity index (χ0n) is 21.3. The molecule has 0 unspecified atom stereocenters. The number of nitrogens with one attached hydrogen (secondary N) is 1. The number of carboxylic acid groups (broad SMARTS) is 1. The van der Waals surface area contributed by atoms with Gasteiger partial charge in [0.25, 0.3) is 0 Å². The van der Waals surface area contributed by atoms with Gasteiger partial charge in [-0.25, -0.2) is 9.78 Å². The zero-order chi connectivity index (χ0) is 25.8. The first-order valence-electron chi connectivity index (χ1n) is 13.3. The van der Waals surface area contributed by atoms with Crippen LogP contribution in [0.3, 0.4) is 0 Å². The highest BCUT2D eigenvalue weighted by molar-refractivity contribution is 6.05. The molecule has 6 heteroatoms. The smallest absolute Gasteiger partial charge is 0.336 e. The number of phenols is 1. The number of carboxylic acids is 1. The van der Waals surface area contributed by atoms with Crippen LogP contribution in [-0.4, -0.2) is 27.1 Å². The molecule has 0 saturated heterocycles. The van der Waals surface area contributed by atoms with Crippen LogP contribution < -0.4 is 5.32 Å². The average molecular weight is 491 g/mol. The maximum atomic E-state index is 12.4. The lowest BCUT2D eigenvalue weighted by molar-refractivity contribution is -0.116. The third kappa shape index (κ3) is 8.08. The van der Waals surface area contributed by atoms with Crippen molar-refractivity contribution in [3.63, 3.8) is 0 Å². The van der Waals surface area contributed by atoms with Crippen LogP contribution in [0.25, 0.3) is 22.2 Å². The Bertz CT molecular complexity index is 1160. The van der Waals surface area contributed by atoms with E-state index in [9.17, 15) is 19.8 Å². The number of nitrogens with zero attached hydrogens (tertiary/aromatic N) is 1. The lowest BCUT2D eigenvalue weighted by Crippen LogP contribution is -2.11. The Kier molecular flexibility index (Phi) is 10.7. The predicted octanol–water partition coefficient (Wildman–Crippen LogP) is 7.95. The molecule has 3 N–H and O–H groups in total. The molecule has 3 rings (SSSR count). The summed E-state index contributed by atoms with van der Waals surface area (Å²) in [5.74, 6) is -1.20. The number of carbonyl (C=O) groups is 2. The van der Waals surface area contributed by atoms with Crippen molar-refractivity contribution in [3.05, 3.63) is 54.1 Å². The lowest BCUT2D eigenvalue weighted by Gasteiger charge is -2.10. The monoisotopic (exact) mass is 490 g/mol. The minimum atomic E-state index is -1.09. The largest absolute Gasteiger partial charge is 0.506 e. The number of unbranched alkanes of at least 4 members (excludes halogenated alkanes) is 10. The first kappa shape index (κ1) is 27.2. The first-order chi connectivity index (χ1) is 17.5. The van der Waals surface area contributed by atoms with Crippen LogP contribution >= 0.6 is 0 Å². The molecular formula is C30H38N2O4. The van der Waals surface area contributed by atoms with Gasteiger partial charge in [-0.05, 0) is 30.7 Å². The molecule has 192 valence electrons. The fourth-order valence-electron chi connectivity index (χ4n) is 4.49. The van der Waals surface area contributed by atoms with E-state index in [0.29, 0.717) is 28.8 Å². The second-order valence-corrected chi connectivity index (χ2v) is 9.45. The van der Waals surface area contributed by atoms with Crippen LogP contribution in [0, 0.1) is 0 Å². The number of benzene rings is 2. The summed E-state index contributed by atoms with van der Waals surface area (Å²) in [5, 5.41) is 23.2. The van der Waals surface area contributed by atoms with Gasteiger partial charge in [-0.3, -0.25) is 4.79 Å². The number of fused-ring (bicyclic) bond motifs is 1. The molecule has 0 saturated carbocycles. The van der Waals surface area contributed by atoms with Crippen molar-refractivity contribution in [1.82, 2.24) is 4.98 Å². The SMILES string of the molecule is CCCCCCCCCCCCCC(=O)Nc1cccc(-c2cc(C(=O)O)c3cccc(O)c3n2)c1. The van der Waals surface area contributed by atoms with Gasteiger partial charge in [0.05, 0.1) is 11.3 Å². The number of aromatic hydroxyl groups is 1. The second-order valence-electron chi connectivity index (χ2n) is 9.45. The summed E-state index contributed by atoms with van der Waals surface area (Å²) in [7, 11) is 0. The molecule has 0 aliphatic rings. The summed E-state index contributed by atoms with van der Waals surface area (Å²) in [6.45, 7) is 2.24. The van der Waals surface area contributed by atoms with Crippen LogP contribution in [0.1, 0.15) is 94.3 Å². The summed E-state index contributed by atoms with van der Waals surface area (Å²) in [4.78, 5) is 28.7. The van der Waals surface area contributed by atoms with E-state index in [0.717, 1.165) is 12.8 Å². The number of rotatable bonds is 15. The van der Waals surface area contributed by atoms with Gasteiger partial charge in [0.15, 0.2) is 0 Å². The number of hydrogen-bond acceptors (Lipinski definition) is 4. The lowest BCUT2D eigenvalue weighted by atomic mass is 10.0. The average Bonchev–Trinajstić information content (AvgIpc) is 2.87. The number of para-hydroxylation sites is 1. The molecule has 36 heavy (non-hydrogen) atoms. The standard InChI is InChI=1S/C30H38N2O4/c1-2-3-4-5-6-7-8-9-10-11-12-19-28(34)31-23-16-13-15-22(20-23)26-21-25(30(35)36)24-17-14-18-27(33)29(24)32-26/h13-18,20-21,33H,2-12,19H2,1H3,(H,31,34)(H,35,36). The van der Waals surface area contributed by atoms with Crippen molar-refractivity contribution in [3.8, 4) is 17.0 Å². The Morgan fingerprint density at radius 3 is 2.14 bits per heavy atom. The molecule has 0 fully saturated rings.